The van der Waals surface area contributed by atoms with E-state index in [0.29, 0.717) is 49.4 Å². The molecule has 1 saturated heterocycles. The predicted octanol–water partition coefficient (Wildman–Crippen LogP) is 6.23. The van der Waals surface area contributed by atoms with E-state index in [4.69, 9.17) is 9.15 Å². The molecule has 2 atom stereocenters. The van der Waals surface area contributed by atoms with E-state index in [-0.39, 0.29) is 18.2 Å². The van der Waals surface area contributed by atoms with Crippen LogP contribution in [0.3, 0.4) is 0 Å². The van der Waals surface area contributed by atoms with Crippen LogP contribution in [0.5, 0.6) is 5.75 Å². The van der Waals surface area contributed by atoms with Crippen LogP contribution in [-0.4, -0.2) is 34.6 Å². The van der Waals surface area contributed by atoms with Gasteiger partial charge in [-0.3, -0.25) is 4.79 Å². The molecule has 2 fully saturated rings. The number of rotatable bonds is 6. The van der Waals surface area contributed by atoms with Crippen molar-refractivity contribution >= 4 is 27.6 Å². The topological polar surface area (TPSA) is 80.0 Å². The van der Waals surface area contributed by atoms with Gasteiger partial charge in [0.15, 0.2) is 0 Å². The van der Waals surface area contributed by atoms with Crippen molar-refractivity contribution in [1.29, 1.82) is 0 Å². The summed E-state index contributed by atoms with van der Waals surface area (Å²) < 4.78 is 12.0. The summed E-state index contributed by atoms with van der Waals surface area (Å²) in [5.41, 5.74) is 2.80. The Kier molecular flexibility index (Phi) is 7.13. The molecule has 6 heteroatoms. The lowest BCUT2D eigenvalue weighted by Gasteiger charge is -2.47. The second kappa shape index (κ2) is 10.7. The van der Waals surface area contributed by atoms with Crippen molar-refractivity contribution in [3.8, 4) is 5.75 Å². The Morgan fingerprint density at radius 2 is 1.85 bits per heavy atom. The molecule has 6 nitrogen and oxygen atoms in total. The average Bonchev–Trinajstić information content (AvgIpc) is 2.96. The first-order valence-corrected chi connectivity index (χ1v) is 14.5. The first-order valence-electron chi connectivity index (χ1n) is 14.5. The molecule has 2 aliphatic rings. The molecule has 208 valence electrons. The molecular formula is C34H37NO5. The second-order valence-corrected chi connectivity index (χ2v) is 11.6. The Bertz CT molecular complexity index is 1630. The van der Waals surface area contributed by atoms with Crippen LogP contribution >= 0.6 is 0 Å². The molecule has 0 spiro atoms. The van der Waals surface area contributed by atoms with E-state index in [1.165, 1.54) is 5.39 Å². The van der Waals surface area contributed by atoms with Crippen molar-refractivity contribution in [3.05, 3.63) is 87.3 Å². The minimum Gasteiger partial charge on any atom is -0.488 e. The summed E-state index contributed by atoms with van der Waals surface area (Å²) in [7, 11) is 0. The monoisotopic (exact) mass is 539 g/mol. The molecule has 4 aromatic rings. The molecular weight excluding hydrogens is 502 g/mol. The van der Waals surface area contributed by atoms with Gasteiger partial charge in [0.25, 0.3) is 0 Å². The van der Waals surface area contributed by atoms with Crippen LogP contribution in [0.4, 0.5) is 0 Å². The van der Waals surface area contributed by atoms with Gasteiger partial charge < -0.3 is 19.2 Å². The van der Waals surface area contributed by atoms with Crippen molar-refractivity contribution in [2.45, 2.75) is 71.0 Å². The highest BCUT2D eigenvalue weighted by atomic mass is 16.5. The van der Waals surface area contributed by atoms with E-state index in [2.05, 4.69) is 24.3 Å². The molecule has 0 radical (unpaired) electrons. The van der Waals surface area contributed by atoms with Gasteiger partial charge in [-0.25, -0.2) is 4.79 Å². The Labute approximate surface area is 234 Å². The lowest BCUT2D eigenvalue weighted by Crippen LogP contribution is -2.54. The van der Waals surface area contributed by atoms with Gasteiger partial charge in [0.2, 0.25) is 5.91 Å². The number of carbonyl (C=O) groups is 1. The number of amides is 1. The molecule has 6 rings (SSSR count). The van der Waals surface area contributed by atoms with Gasteiger partial charge >= 0.3 is 5.63 Å². The van der Waals surface area contributed by atoms with Gasteiger partial charge in [-0.1, -0.05) is 55.3 Å². The number of hydrogen-bond acceptors (Lipinski definition) is 5. The van der Waals surface area contributed by atoms with Crippen molar-refractivity contribution in [2.75, 3.05) is 13.1 Å². The number of benzene rings is 3. The summed E-state index contributed by atoms with van der Waals surface area (Å²) in [6, 6.07) is 18.3. The SMILES string of the molecule is Cc1c(CCC(=O)N2CC[C@@]3(O)CCCC[C@H]3C2)c(=O)oc2c(C)c(OCc3cccc4ccccc34)ccc12. The summed E-state index contributed by atoms with van der Waals surface area (Å²) in [5, 5.41) is 14.1. The lowest BCUT2D eigenvalue weighted by molar-refractivity contribution is -0.143. The zero-order valence-electron chi connectivity index (χ0n) is 23.4. The molecule has 40 heavy (non-hydrogen) atoms. The highest BCUT2D eigenvalue weighted by molar-refractivity contribution is 5.87. The Balaban J connectivity index is 1.17. The van der Waals surface area contributed by atoms with Gasteiger partial charge in [-0.05, 0) is 73.6 Å². The first kappa shape index (κ1) is 26.6. The van der Waals surface area contributed by atoms with E-state index in [1.54, 1.807) is 0 Å². The average molecular weight is 540 g/mol. The van der Waals surface area contributed by atoms with Crippen molar-refractivity contribution in [1.82, 2.24) is 4.90 Å². The largest absolute Gasteiger partial charge is 0.488 e. The van der Waals surface area contributed by atoms with E-state index in [1.807, 2.05) is 49.1 Å². The van der Waals surface area contributed by atoms with E-state index >= 15 is 0 Å². The third-order valence-corrected chi connectivity index (χ3v) is 9.29. The maximum atomic E-state index is 13.1. The van der Waals surface area contributed by atoms with Crippen LogP contribution in [0.1, 0.15) is 60.8 Å². The number of hydrogen-bond donors (Lipinski definition) is 1. The van der Waals surface area contributed by atoms with Crippen LogP contribution in [-0.2, 0) is 17.8 Å². The minimum absolute atomic E-state index is 0.0416. The fraction of sp³-hybridized carbons (Fsp3) is 0.412. The van der Waals surface area contributed by atoms with Gasteiger partial charge in [-0.2, -0.15) is 0 Å². The third-order valence-electron chi connectivity index (χ3n) is 9.29. The van der Waals surface area contributed by atoms with E-state index in [9.17, 15) is 14.7 Å². The zero-order valence-corrected chi connectivity index (χ0v) is 23.4. The summed E-state index contributed by atoms with van der Waals surface area (Å²) in [4.78, 5) is 28.1. The Morgan fingerprint density at radius 1 is 1.02 bits per heavy atom. The molecule has 3 aromatic carbocycles. The number of fused-ring (bicyclic) bond motifs is 3. The summed E-state index contributed by atoms with van der Waals surface area (Å²) >= 11 is 0. The summed E-state index contributed by atoms with van der Waals surface area (Å²) in [5.74, 6) is 0.880. The summed E-state index contributed by atoms with van der Waals surface area (Å²) in [6.45, 7) is 5.44. The highest BCUT2D eigenvalue weighted by Gasteiger charge is 2.43. The number of ether oxygens (including phenoxy) is 1. The first-order chi connectivity index (χ1) is 19.3. The molecule has 1 aliphatic heterocycles. The number of nitrogens with zero attached hydrogens (tertiary/aromatic N) is 1. The van der Waals surface area contributed by atoms with Crippen LogP contribution in [0.25, 0.3) is 21.7 Å². The number of likely N-dealkylation sites (tertiary alicyclic amines) is 1. The maximum absolute atomic E-state index is 13.1. The summed E-state index contributed by atoms with van der Waals surface area (Å²) in [6.07, 6.45) is 5.23. The maximum Gasteiger partial charge on any atom is 0.339 e. The zero-order chi connectivity index (χ0) is 27.9. The quantitative estimate of drug-likeness (QED) is 0.294. The number of piperidine rings is 1. The molecule has 1 N–H and O–H groups in total. The fourth-order valence-corrected chi connectivity index (χ4v) is 6.78. The van der Waals surface area contributed by atoms with Crippen molar-refractivity contribution in [2.24, 2.45) is 5.92 Å². The molecule has 1 aromatic heterocycles. The Morgan fingerprint density at radius 3 is 2.73 bits per heavy atom. The van der Waals surface area contributed by atoms with Gasteiger partial charge in [0, 0.05) is 41.9 Å². The standard InChI is InChI=1S/C34H37NO5/c1-22-27-13-15-30(39-21-25-10-7-9-24-8-3-4-12-29(24)25)23(2)32(27)40-33(37)28(22)14-16-31(36)35-19-18-34(38)17-6-5-11-26(34)20-35/h3-4,7-10,12-13,15,26,38H,5-6,11,14,16-21H2,1-2H3/t26-,34-/m0/s1. The van der Waals surface area contributed by atoms with Gasteiger partial charge in [-0.15, -0.1) is 0 Å². The van der Waals surface area contributed by atoms with Crippen molar-refractivity contribution in [3.63, 3.8) is 0 Å². The molecule has 1 amide bonds. The molecule has 1 aliphatic carbocycles. The van der Waals surface area contributed by atoms with Crippen LogP contribution < -0.4 is 10.4 Å². The van der Waals surface area contributed by atoms with Crippen molar-refractivity contribution < 1.29 is 19.1 Å². The highest BCUT2D eigenvalue weighted by Crippen LogP contribution is 2.40. The molecule has 0 bridgehead atoms. The van der Waals surface area contributed by atoms with E-state index < -0.39 is 11.2 Å². The normalized spacial score (nSPS) is 21.0. The fourth-order valence-electron chi connectivity index (χ4n) is 6.78. The van der Waals surface area contributed by atoms with Gasteiger partial charge in [0.1, 0.15) is 17.9 Å². The third kappa shape index (κ3) is 4.90. The predicted molar refractivity (Wildman–Crippen MR) is 157 cm³/mol. The smallest absolute Gasteiger partial charge is 0.339 e. The Hall–Kier alpha value is -3.64. The van der Waals surface area contributed by atoms with Crippen LogP contribution in [0.15, 0.2) is 63.8 Å². The molecule has 0 unspecified atom stereocenters. The molecule has 2 heterocycles. The van der Waals surface area contributed by atoms with Gasteiger partial charge in [0.05, 0.1) is 5.60 Å². The number of aryl methyl sites for hydroxylation is 2. The second-order valence-electron chi connectivity index (χ2n) is 11.6. The molecule has 1 saturated carbocycles. The minimum atomic E-state index is -0.611. The van der Waals surface area contributed by atoms with Crippen LogP contribution in [0, 0.1) is 19.8 Å². The van der Waals surface area contributed by atoms with Crippen LogP contribution in [0.2, 0.25) is 0 Å². The number of carbonyl (C=O) groups excluding carboxylic acids is 1. The number of aliphatic hydroxyl groups is 1. The lowest BCUT2D eigenvalue weighted by atomic mass is 9.71. The van der Waals surface area contributed by atoms with E-state index in [0.717, 1.165) is 53.1 Å².